The number of unbranched alkanes of at least 4 members (excludes halogenated alkanes) is 1. The van der Waals surface area contributed by atoms with E-state index in [2.05, 4.69) is 11.8 Å². The van der Waals surface area contributed by atoms with Gasteiger partial charge in [0.2, 0.25) is 0 Å². The monoisotopic (exact) mass is 158 g/mol. The van der Waals surface area contributed by atoms with Crippen LogP contribution in [0.2, 0.25) is 0 Å². The largest absolute Gasteiger partial charge is 0.378 e. The van der Waals surface area contributed by atoms with Gasteiger partial charge in [-0.25, -0.2) is 0 Å². The lowest BCUT2D eigenvalue weighted by Gasteiger charge is -1.91. The molecule has 0 aromatic carbocycles. The molecular formula is C8H11ClO. The molecule has 10 heavy (non-hydrogen) atoms. The molecule has 0 saturated heterocycles. The Hall–Kier alpha value is -0.190. The van der Waals surface area contributed by atoms with Gasteiger partial charge in [-0.3, -0.25) is 0 Å². The van der Waals surface area contributed by atoms with Crippen LogP contribution in [-0.2, 0) is 0 Å². The summed E-state index contributed by atoms with van der Waals surface area (Å²) >= 11 is 5.44. The Morgan fingerprint density at radius 1 is 1.50 bits per heavy atom. The molecule has 1 fully saturated rings. The lowest BCUT2D eigenvalue weighted by Crippen LogP contribution is -2.00. The zero-order valence-electron chi connectivity index (χ0n) is 5.86. The van der Waals surface area contributed by atoms with Crippen LogP contribution in [0.3, 0.4) is 0 Å². The van der Waals surface area contributed by atoms with Gasteiger partial charge in [-0.1, -0.05) is 5.92 Å². The summed E-state index contributed by atoms with van der Waals surface area (Å²) in [5.41, 5.74) is -0.605. The van der Waals surface area contributed by atoms with Crippen molar-refractivity contribution in [2.45, 2.75) is 31.3 Å². The van der Waals surface area contributed by atoms with Gasteiger partial charge in [0.15, 0.2) is 0 Å². The molecule has 0 aromatic rings. The summed E-state index contributed by atoms with van der Waals surface area (Å²) in [5, 5.41) is 9.22. The highest BCUT2D eigenvalue weighted by molar-refractivity contribution is 6.17. The third-order valence-electron chi connectivity index (χ3n) is 1.48. The highest BCUT2D eigenvalue weighted by atomic mass is 35.5. The average Bonchev–Trinajstić information content (AvgIpc) is 2.62. The number of rotatable bonds is 2. The van der Waals surface area contributed by atoms with Crippen LogP contribution in [-0.4, -0.2) is 16.6 Å². The molecule has 0 atom stereocenters. The first-order valence-corrected chi connectivity index (χ1v) is 4.09. The van der Waals surface area contributed by atoms with Crippen LogP contribution >= 0.6 is 11.6 Å². The first-order valence-electron chi connectivity index (χ1n) is 3.55. The molecule has 0 bridgehead atoms. The Kier molecular flexibility index (Phi) is 2.59. The maximum absolute atomic E-state index is 9.22. The van der Waals surface area contributed by atoms with Crippen LogP contribution in [0.25, 0.3) is 0 Å². The predicted molar refractivity (Wildman–Crippen MR) is 41.9 cm³/mol. The normalized spacial score (nSPS) is 19.4. The summed E-state index contributed by atoms with van der Waals surface area (Å²) in [6, 6.07) is 0. The van der Waals surface area contributed by atoms with Gasteiger partial charge >= 0.3 is 0 Å². The van der Waals surface area contributed by atoms with E-state index in [0.717, 1.165) is 25.7 Å². The quantitative estimate of drug-likeness (QED) is 0.367. The molecule has 0 spiro atoms. The van der Waals surface area contributed by atoms with Crippen LogP contribution < -0.4 is 0 Å². The zero-order valence-corrected chi connectivity index (χ0v) is 6.62. The molecule has 1 aliphatic rings. The van der Waals surface area contributed by atoms with E-state index in [9.17, 15) is 5.11 Å². The van der Waals surface area contributed by atoms with Crippen molar-refractivity contribution in [1.82, 2.24) is 0 Å². The molecule has 1 rings (SSSR count). The van der Waals surface area contributed by atoms with E-state index in [1.165, 1.54) is 0 Å². The molecule has 1 aliphatic carbocycles. The summed E-state index contributed by atoms with van der Waals surface area (Å²) in [6.45, 7) is 0. The van der Waals surface area contributed by atoms with E-state index in [1.807, 2.05) is 0 Å². The molecule has 0 aliphatic heterocycles. The minimum absolute atomic E-state index is 0.605. The molecule has 1 nitrogen and oxygen atoms in total. The summed E-state index contributed by atoms with van der Waals surface area (Å²) in [6.07, 6.45) is 3.43. The van der Waals surface area contributed by atoms with Crippen molar-refractivity contribution in [3.63, 3.8) is 0 Å². The minimum Gasteiger partial charge on any atom is -0.378 e. The van der Waals surface area contributed by atoms with Crippen molar-refractivity contribution < 1.29 is 5.11 Å². The van der Waals surface area contributed by atoms with E-state index in [0.29, 0.717) is 5.88 Å². The maximum Gasteiger partial charge on any atom is 0.125 e. The van der Waals surface area contributed by atoms with E-state index >= 15 is 0 Å². The van der Waals surface area contributed by atoms with Crippen LogP contribution in [0.1, 0.15) is 25.7 Å². The van der Waals surface area contributed by atoms with Crippen molar-refractivity contribution in [2.75, 3.05) is 5.88 Å². The smallest absolute Gasteiger partial charge is 0.125 e. The Balaban J connectivity index is 2.13. The molecule has 56 valence electrons. The predicted octanol–water partition coefficient (Wildman–Crippen LogP) is 1.53. The summed E-state index contributed by atoms with van der Waals surface area (Å²) < 4.78 is 0. The van der Waals surface area contributed by atoms with Crippen LogP contribution in [0.15, 0.2) is 0 Å². The summed E-state index contributed by atoms with van der Waals surface area (Å²) in [4.78, 5) is 0. The van der Waals surface area contributed by atoms with E-state index < -0.39 is 5.60 Å². The van der Waals surface area contributed by atoms with Crippen LogP contribution in [0, 0.1) is 11.8 Å². The molecule has 0 aromatic heterocycles. The van der Waals surface area contributed by atoms with Crippen molar-refractivity contribution >= 4 is 11.6 Å². The lowest BCUT2D eigenvalue weighted by molar-refractivity contribution is 0.212. The number of aliphatic hydroxyl groups is 1. The van der Waals surface area contributed by atoms with Crippen molar-refractivity contribution in [3.8, 4) is 11.8 Å². The van der Waals surface area contributed by atoms with Gasteiger partial charge < -0.3 is 5.11 Å². The van der Waals surface area contributed by atoms with Gasteiger partial charge in [0, 0.05) is 12.3 Å². The lowest BCUT2D eigenvalue weighted by atomic mass is 10.3. The summed E-state index contributed by atoms with van der Waals surface area (Å²) in [7, 11) is 0. The third kappa shape index (κ3) is 2.60. The van der Waals surface area contributed by atoms with Crippen LogP contribution in [0.5, 0.6) is 0 Å². The maximum atomic E-state index is 9.22. The SMILES string of the molecule is OC1(C#CCCCCl)CC1. The second-order valence-corrected chi connectivity index (χ2v) is 3.00. The van der Waals surface area contributed by atoms with Gasteiger partial charge in [0.05, 0.1) is 0 Å². The molecular weight excluding hydrogens is 148 g/mol. The number of halogens is 1. The first-order chi connectivity index (χ1) is 4.77. The minimum atomic E-state index is -0.605. The molecule has 1 saturated carbocycles. The zero-order chi connectivity index (χ0) is 7.45. The fourth-order valence-corrected chi connectivity index (χ4v) is 0.759. The number of alkyl halides is 1. The number of hydrogen-bond acceptors (Lipinski definition) is 1. The van der Waals surface area contributed by atoms with Crippen LogP contribution in [0.4, 0.5) is 0 Å². The van der Waals surface area contributed by atoms with Crippen molar-refractivity contribution in [1.29, 1.82) is 0 Å². The second-order valence-electron chi connectivity index (χ2n) is 2.63. The second kappa shape index (κ2) is 3.27. The Labute approximate surface area is 66.4 Å². The Morgan fingerprint density at radius 3 is 2.70 bits per heavy atom. The summed E-state index contributed by atoms with van der Waals surface area (Å²) in [5.74, 6) is 6.38. The molecule has 0 heterocycles. The van der Waals surface area contributed by atoms with Gasteiger partial charge in [-0.15, -0.1) is 17.5 Å². The van der Waals surface area contributed by atoms with Gasteiger partial charge in [-0.2, -0.15) is 0 Å². The Morgan fingerprint density at radius 2 is 2.20 bits per heavy atom. The van der Waals surface area contributed by atoms with E-state index in [4.69, 9.17) is 11.6 Å². The van der Waals surface area contributed by atoms with E-state index in [-0.39, 0.29) is 0 Å². The van der Waals surface area contributed by atoms with Crippen molar-refractivity contribution in [3.05, 3.63) is 0 Å². The van der Waals surface area contributed by atoms with Gasteiger partial charge in [-0.05, 0) is 19.3 Å². The van der Waals surface area contributed by atoms with Gasteiger partial charge in [0.1, 0.15) is 5.60 Å². The number of hydrogen-bond donors (Lipinski definition) is 1. The first kappa shape index (κ1) is 7.91. The molecule has 2 heteroatoms. The van der Waals surface area contributed by atoms with Gasteiger partial charge in [0.25, 0.3) is 0 Å². The molecule has 0 radical (unpaired) electrons. The van der Waals surface area contributed by atoms with Crippen molar-refractivity contribution in [2.24, 2.45) is 0 Å². The highest BCUT2D eigenvalue weighted by Gasteiger charge is 2.38. The van der Waals surface area contributed by atoms with E-state index in [1.54, 1.807) is 0 Å². The molecule has 1 N–H and O–H groups in total. The molecule has 0 amide bonds. The molecule has 0 unspecified atom stereocenters. The highest BCUT2D eigenvalue weighted by Crippen LogP contribution is 2.33. The standard InChI is InChI=1S/C8H11ClO/c9-7-3-1-2-4-8(10)5-6-8/h10H,1,3,5-7H2. The fraction of sp³-hybridized carbons (Fsp3) is 0.750. The fourth-order valence-electron chi connectivity index (χ4n) is 0.626. The topological polar surface area (TPSA) is 20.2 Å². The average molecular weight is 159 g/mol. The Bertz CT molecular complexity index is 162. The third-order valence-corrected chi connectivity index (χ3v) is 1.75.